The van der Waals surface area contributed by atoms with Crippen LogP contribution in [0.2, 0.25) is 0 Å². The fourth-order valence-electron chi connectivity index (χ4n) is 5.50. The van der Waals surface area contributed by atoms with Gasteiger partial charge >= 0.3 is 5.97 Å². The number of likely N-dealkylation sites (tertiary alicyclic amines) is 1. The van der Waals surface area contributed by atoms with Crippen LogP contribution >= 0.6 is 0 Å². The Morgan fingerprint density at radius 3 is 2.26 bits per heavy atom. The van der Waals surface area contributed by atoms with Crippen molar-refractivity contribution in [1.82, 2.24) is 25.5 Å². The van der Waals surface area contributed by atoms with Gasteiger partial charge in [0.1, 0.15) is 23.8 Å². The summed E-state index contributed by atoms with van der Waals surface area (Å²) in [5, 5.41) is 5.85. The highest BCUT2D eigenvalue weighted by Gasteiger charge is 2.46. The van der Waals surface area contributed by atoms with Crippen LogP contribution in [-0.2, 0) is 19.1 Å². The van der Waals surface area contributed by atoms with Crippen molar-refractivity contribution in [3.63, 3.8) is 0 Å². The predicted molar refractivity (Wildman–Crippen MR) is 142 cm³/mol. The summed E-state index contributed by atoms with van der Waals surface area (Å²) >= 11 is 0. The van der Waals surface area contributed by atoms with Crippen molar-refractivity contribution in [2.24, 2.45) is 23.2 Å². The van der Waals surface area contributed by atoms with Gasteiger partial charge in [-0.05, 0) is 42.4 Å². The van der Waals surface area contributed by atoms with Crippen LogP contribution in [0.3, 0.4) is 0 Å². The van der Waals surface area contributed by atoms with Gasteiger partial charge in [-0.15, -0.1) is 0 Å². The minimum absolute atomic E-state index is 0.0555. The first kappa shape index (κ1) is 29.5. The molecule has 210 valence electrons. The van der Waals surface area contributed by atoms with Gasteiger partial charge in [0.05, 0.1) is 13.3 Å². The van der Waals surface area contributed by atoms with Crippen molar-refractivity contribution in [1.29, 1.82) is 0 Å². The molecule has 10 nitrogen and oxygen atoms in total. The molecule has 1 aliphatic heterocycles. The van der Waals surface area contributed by atoms with Gasteiger partial charge in [0.15, 0.2) is 0 Å². The molecule has 1 aromatic rings. The van der Waals surface area contributed by atoms with E-state index >= 15 is 0 Å². The van der Waals surface area contributed by atoms with E-state index in [0.29, 0.717) is 13.0 Å². The Balaban J connectivity index is 1.85. The largest absolute Gasteiger partial charge is 0.467 e. The van der Waals surface area contributed by atoms with Gasteiger partial charge in [-0.1, -0.05) is 53.9 Å². The van der Waals surface area contributed by atoms with Crippen molar-refractivity contribution >= 4 is 23.7 Å². The van der Waals surface area contributed by atoms with Crippen LogP contribution < -0.4 is 10.6 Å². The highest BCUT2D eigenvalue weighted by atomic mass is 16.5. The SMILES string of the molecule is COC(=O)[C@@H]1C[C@@H](C(C)C)CN1C(=O)[C@@H](NC(=O)[C@@H](NC(=O)c1cnccn1)C1CCCCC1)C(C)(C)C. The number of ether oxygens (including phenoxy) is 1. The topological polar surface area (TPSA) is 131 Å². The first-order valence-corrected chi connectivity index (χ1v) is 13.7. The minimum atomic E-state index is -0.896. The second-order valence-electron chi connectivity index (χ2n) is 12.0. The lowest BCUT2D eigenvalue weighted by molar-refractivity contribution is -0.153. The smallest absolute Gasteiger partial charge is 0.328 e. The zero-order chi connectivity index (χ0) is 28.0. The van der Waals surface area contributed by atoms with Gasteiger partial charge < -0.3 is 20.3 Å². The van der Waals surface area contributed by atoms with E-state index in [1.807, 2.05) is 20.8 Å². The Morgan fingerprint density at radius 1 is 1.03 bits per heavy atom. The van der Waals surface area contributed by atoms with E-state index in [9.17, 15) is 19.2 Å². The lowest BCUT2D eigenvalue weighted by atomic mass is 9.82. The van der Waals surface area contributed by atoms with Crippen LogP contribution in [0.25, 0.3) is 0 Å². The molecule has 0 unspecified atom stereocenters. The molecular formula is C28H43N5O5. The quantitative estimate of drug-likeness (QED) is 0.495. The first-order chi connectivity index (χ1) is 17.9. The Kier molecular flexibility index (Phi) is 9.84. The summed E-state index contributed by atoms with van der Waals surface area (Å²) in [6.07, 6.45) is 9.44. The maximum Gasteiger partial charge on any atom is 0.328 e. The summed E-state index contributed by atoms with van der Waals surface area (Å²) in [5.41, 5.74) is -0.516. The molecule has 0 aromatic carbocycles. The molecule has 0 spiro atoms. The molecule has 1 saturated heterocycles. The molecule has 2 aliphatic rings. The normalized spacial score (nSPS) is 22.0. The molecule has 3 rings (SSSR count). The van der Waals surface area contributed by atoms with Crippen molar-refractivity contribution in [3.05, 3.63) is 24.3 Å². The molecule has 3 amide bonds. The number of rotatable bonds is 8. The zero-order valence-corrected chi connectivity index (χ0v) is 23.5. The molecule has 1 aromatic heterocycles. The van der Waals surface area contributed by atoms with Gasteiger partial charge in [-0.2, -0.15) is 0 Å². The molecule has 10 heteroatoms. The number of hydrogen-bond donors (Lipinski definition) is 2. The van der Waals surface area contributed by atoms with E-state index in [1.165, 1.54) is 25.7 Å². The number of aromatic nitrogens is 2. The Morgan fingerprint density at radius 2 is 1.71 bits per heavy atom. The number of carbonyl (C=O) groups excluding carboxylic acids is 4. The van der Waals surface area contributed by atoms with Crippen molar-refractivity contribution < 1.29 is 23.9 Å². The van der Waals surface area contributed by atoms with E-state index < -0.39 is 41.3 Å². The summed E-state index contributed by atoms with van der Waals surface area (Å²) in [4.78, 5) is 62.9. The third-order valence-electron chi connectivity index (χ3n) is 7.92. The van der Waals surface area contributed by atoms with Gasteiger partial charge in [0, 0.05) is 18.9 Å². The standard InChI is InChI=1S/C28H43N5O5/c1-17(2)19-14-21(27(37)38-6)33(16-19)26(36)23(28(3,4)5)32-25(35)22(18-10-8-7-9-11-18)31-24(34)20-15-29-12-13-30-20/h12-13,15,17-19,21-23H,7-11,14,16H2,1-6H3,(H,31,34)(H,32,35)/t19-,21+,22+,23-/m1/s1. The molecule has 38 heavy (non-hydrogen) atoms. The molecule has 2 N–H and O–H groups in total. The zero-order valence-electron chi connectivity index (χ0n) is 23.5. The molecule has 2 heterocycles. The van der Waals surface area contributed by atoms with E-state index in [4.69, 9.17) is 4.74 Å². The van der Waals surface area contributed by atoms with Crippen LogP contribution in [0.4, 0.5) is 0 Å². The summed E-state index contributed by atoms with van der Waals surface area (Å²) < 4.78 is 5.01. The molecule has 2 fully saturated rings. The van der Waals surface area contributed by atoms with Crippen LogP contribution in [0.15, 0.2) is 18.6 Å². The first-order valence-electron chi connectivity index (χ1n) is 13.7. The summed E-state index contributed by atoms with van der Waals surface area (Å²) in [5.74, 6) is -1.26. The number of carbonyl (C=O) groups is 4. The summed E-state index contributed by atoms with van der Waals surface area (Å²) in [6, 6.07) is -2.40. The highest BCUT2D eigenvalue weighted by Crippen LogP contribution is 2.33. The minimum Gasteiger partial charge on any atom is -0.467 e. The van der Waals surface area contributed by atoms with Gasteiger partial charge in [0.2, 0.25) is 11.8 Å². The van der Waals surface area contributed by atoms with Crippen LogP contribution in [0, 0.1) is 23.2 Å². The average Bonchev–Trinajstić information content (AvgIpc) is 3.35. The number of esters is 1. The van der Waals surface area contributed by atoms with Gasteiger partial charge in [-0.3, -0.25) is 19.4 Å². The lowest BCUT2D eigenvalue weighted by Crippen LogP contribution is -2.61. The summed E-state index contributed by atoms with van der Waals surface area (Å²) in [7, 11) is 1.32. The Labute approximate surface area is 225 Å². The third-order valence-corrected chi connectivity index (χ3v) is 7.92. The molecule has 1 aliphatic carbocycles. The van der Waals surface area contributed by atoms with E-state index in [0.717, 1.165) is 32.1 Å². The van der Waals surface area contributed by atoms with Gasteiger partial charge in [-0.25, -0.2) is 9.78 Å². The predicted octanol–water partition coefficient (Wildman–Crippen LogP) is 2.73. The number of methoxy groups -OCH3 is 1. The second-order valence-corrected chi connectivity index (χ2v) is 12.0. The Bertz CT molecular complexity index is 987. The maximum absolute atomic E-state index is 14.0. The third kappa shape index (κ3) is 7.08. The average molecular weight is 530 g/mol. The molecule has 1 saturated carbocycles. The maximum atomic E-state index is 14.0. The lowest BCUT2D eigenvalue weighted by Gasteiger charge is -2.37. The van der Waals surface area contributed by atoms with Crippen LogP contribution in [-0.4, -0.2) is 70.3 Å². The van der Waals surface area contributed by atoms with Gasteiger partial charge in [0.25, 0.3) is 5.91 Å². The fourth-order valence-corrected chi connectivity index (χ4v) is 5.50. The van der Waals surface area contributed by atoms with E-state index in [2.05, 4.69) is 34.4 Å². The van der Waals surface area contributed by atoms with Crippen LogP contribution in [0.1, 0.15) is 83.6 Å². The number of amides is 3. The van der Waals surface area contributed by atoms with Crippen molar-refractivity contribution in [3.8, 4) is 0 Å². The molecule has 0 bridgehead atoms. The molecular weight excluding hydrogens is 486 g/mol. The fraction of sp³-hybridized carbons (Fsp3) is 0.714. The summed E-state index contributed by atoms with van der Waals surface area (Å²) in [6.45, 7) is 10.2. The van der Waals surface area contributed by atoms with Crippen molar-refractivity contribution in [2.75, 3.05) is 13.7 Å². The molecule has 0 radical (unpaired) electrons. The number of nitrogens with zero attached hydrogens (tertiary/aromatic N) is 3. The Hall–Kier alpha value is -3.04. The number of nitrogens with one attached hydrogen (secondary N) is 2. The monoisotopic (exact) mass is 529 g/mol. The van der Waals surface area contributed by atoms with E-state index in [1.54, 1.807) is 4.90 Å². The van der Waals surface area contributed by atoms with E-state index in [-0.39, 0.29) is 29.4 Å². The van der Waals surface area contributed by atoms with Crippen LogP contribution in [0.5, 0.6) is 0 Å². The molecule has 4 atom stereocenters. The van der Waals surface area contributed by atoms with Crippen molar-refractivity contribution in [2.45, 2.75) is 91.3 Å². The second kappa shape index (κ2) is 12.7. The number of hydrogen-bond acceptors (Lipinski definition) is 7. The highest BCUT2D eigenvalue weighted by molar-refractivity contribution is 5.97.